The minimum absolute atomic E-state index is 0.0682. The van der Waals surface area contributed by atoms with Crippen LogP contribution in [0.1, 0.15) is 6.42 Å². The highest BCUT2D eigenvalue weighted by Gasteiger charge is 2.23. The van der Waals surface area contributed by atoms with Crippen molar-refractivity contribution in [1.82, 2.24) is 4.90 Å². The van der Waals surface area contributed by atoms with Crippen LogP contribution in [-0.2, 0) is 14.3 Å². The third-order valence-corrected chi connectivity index (χ3v) is 3.65. The summed E-state index contributed by atoms with van der Waals surface area (Å²) in [7, 11) is 3.48. The van der Waals surface area contributed by atoms with Crippen molar-refractivity contribution in [3.8, 4) is 0 Å². The van der Waals surface area contributed by atoms with E-state index < -0.39 is 0 Å². The molecule has 0 spiro atoms. The number of ether oxygens (including phenoxy) is 2. The van der Waals surface area contributed by atoms with Gasteiger partial charge in [-0.25, -0.2) is 0 Å². The summed E-state index contributed by atoms with van der Waals surface area (Å²) in [5, 5.41) is 0. The Morgan fingerprint density at radius 1 is 1.53 bits per heavy atom. The Morgan fingerprint density at radius 2 is 2.33 bits per heavy atom. The molecule has 0 aliphatic carbocycles. The molecule has 0 saturated carbocycles. The first kappa shape index (κ1) is 12.8. The van der Waals surface area contributed by atoms with E-state index in [4.69, 9.17) is 9.47 Å². The molecule has 1 atom stereocenters. The quantitative estimate of drug-likeness (QED) is 0.630. The molecule has 5 heteroatoms. The molecule has 1 rings (SSSR count). The molecule has 0 aromatic heterocycles. The summed E-state index contributed by atoms with van der Waals surface area (Å²) in [6.45, 7) is 1.19. The molecule has 88 valence electrons. The largest absolute Gasteiger partial charge is 0.382 e. The third-order valence-electron chi connectivity index (χ3n) is 2.50. The van der Waals surface area contributed by atoms with Crippen LogP contribution in [0.5, 0.6) is 0 Å². The van der Waals surface area contributed by atoms with E-state index in [-0.39, 0.29) is 12.5 Å². The molecular weight excluding hydrogens is 214 g/mol. The monoisotopic (exact) mass is 233 g/mol. The molecule has 1 fully saturated rings. The van der Waals surface area contributed by atoms with E-state index >= 15 is 0 Å². The van der Waals surface area contributed by atoms with Crippen LogP contribution >= 0.6 is 11.8 Å². The van der Waals surface area contributed by atoms with Crippen LogP contribution in [0.2, 0.25) is 0 Å². The average molecular weight is 233 g/mol. The Kier molecular flexibility index (Phi) is 6.05. The lowest BCUT2D eigenvalue weighted by Gasteiger charge is -2.23. The van der Waals surface area contributed by atoms with Crippen LogP contribution in [0.3, 0.4) is 0 Å². The van der Waals surface area contributed by atoms with Gasteiger partial charge in [0.1, 0.15) is 6.61 Å². The zero-order valence-corrected chi connectivity index (χ0v) is 10.2. The van der Waals surface area contributed by atoms with E-state index in [2.05, 4.69) is 0 Å². The van der Waals surface area contributed by atoms with Crippen molar-refractivity contribution in [3.05, 3.63) is 0 Å². The molecule has 0 aromatic rings. The molecule has 15 heavy (non-hydrogen) atoms. The Bertz CT molecular complexity index is 195. The SMILES string of the molecule is COCCOCC(=O)N(C)C1CCSC1. The number of thioether (sulfide) groups is 1. The number of nitrogens with zero attached hydrogens (tertiary/aromatic N) is 1. The van der Waals surface area contributed by atoms with Crippen molar-refractivity contribution in [3.63, 3.8) is 0 Å². The van der Waals surface area contributed by atoms with Gasteiger partial charge in [-0.1, -0.05) is 0 Å². The molecule has 1 aliphatic rings. The number of likely N-dealkylation sites (N-methyl/N-ethyl adjacent to an activating group) is 1. The lowest BCUT2D eigenvalue weighted by atomic mass is 10.2. The van der Waals surface area contributed by atoms with Crippen molar-refractivity contribution in [2.75, 3.05) is 45.5 Å². The number of methoxy groups -OCH3 is 1. The van der Waals surface area contributed by atoms with Crippen molar-refractivity contribution < 1.29 is 14.3 Å². The normalized spacial score (nSPS) is 20.5. The van der Waals surface area contributed by atoms with Crippen molar-refractivity contribution in [2.45, 2.75) is 12.5 Å². The summed E-state index contributed by atoms with van der Waals surface area (Å²) >= 11 is 1.91. The molecule has 1 heterocycles. The van der Waals surface area contributed by atoms with Crippen molar-refractivity contribution in [2.24, 2.45) is 0 Å². The second-order valence-electron chi connectivity index (χ2n) is 3.57. The van der Waals surface area contributed by atoms with Crippen LogP contribution in [0.4, 0.5) is 0 Å². The van der Waals surface area contributed by atoms with Crippen molar-refractivity contribution >= 4 is 17.7 Å². The van der Waals surface area contributed by atoms with Gasteiger partial charge in [0, 0.05) is 26.0 Å². The highest BCUT2D eigenvalue weighted by atomic mass is 32.2. The fourth-order valence-electron chi connectivity index (χ4n) is 1.43. The van der Waals surface area contributed by atoms with Crippen LogP contribution in [-0.4, -0.2) is 62.3 Å². The van der Waals surface area contributed by atoms with E-state index in [1.54, 1.807) is 7.11 Å². The van der Waals surface area contributed by atoms with E-state index in [9.17, 15) is 4.79 Å². The zero-order valence-electron chi connectivity index (χ0n) is 9.40. The van der Waals surface area contributed by atoms with Gasteiger partial charge in [-0.3, -0.25) is 4.79 Å². The number of hydrogen-bond donors (Lipinski definition) is 0. The molecule has 0 aromatic carbocycles. The molecule has 1 amide bonds. The molecule has 1 aliphatic heterocycles. The summed E-state index contributed by atoms with van der Waals surface area (Å²) in [4.78, 5) is 13.5. The van der Waals surface area contributed by atoms with Crippen LogP contribution in [0.25, 0.3) is 0 Å². The van der Waals surface area contributed by atoms with E-state index in [0.29, 0.717) is 19.3 Å². The van der Waals surface area contributed by atoms with E-state index in [1.807, 2.05) is 23.7 Å². The highest BCUT2D eigenvalue weighted by Crippen LogP contribution is 2.21. The van der Waals surface area contributed by atoms with Crippen LogP contribution in [0, 0.1) is 0 Å². The molecule has 4 nitrogen and oxygen atoms in total. The Balaban J connectivity index is 2.14. The molecule has 1 unspecified atom stereocenters. The fraction of sp³-hybridized carbons (Fsp3) is 0.900. The van der Waals surface area contributed by atoms with Gasteiger partial charge >= 0.3 is 0 Å². The number of carbonyl (C=O) groups excluding carboxylic acids is 1. The topological polar surface area (TPSA) is 38.8 Å². The minimum atomic E-state index is 0.0682. The number of rotatable bonds is 6. The van der Waals surface area contributed by atoms with Gasteiger partial charge in [-0.15, -0.1) is 0 Å². The fourth-order valence-corrected chi connectivity index (χ4v) is 2.70. The van der Waals surface area contributed by atoms with Gasteiger partial charge in [0.05, 0.1) is 13.2 Å². The van der Waals surface area contributed by atoms with Gasteiger partial charge < -0.3 is 14.4 Å². The number of carbonyl (C=O) groups is 1. The first-order valence-electron chi connectivity index (χ1n) is 5.15. The molecule has 0 radical (unpaired) electrons. The first-order valence-corrected chi connectivity index (χ1v) is 6.31. The minimum Gasteiger partial charge on any atom is -0.382 e. The first-order chi connectivity index (χ1) is 7.25. The number of hydrogen-bond acceptors (Lipinski definition) is 4. The summed E-state index contributed by atoms with van der Waals surface area (Å²) in [6, 6.07) is 0.397. The second kappa shape index (κ2) is 7.09. The Hall–Kier alpha value is -0.260. The lowest BCUT2D eigenvalue weighted by Crippen LogP contribution is -2.39. The molecule has 0 bridgehead atoms. The maximum atomic E-state index is 11.6. The maximum Gasteiger partial charge on any atom is 0.248 e. The van der Waals surface area contributed by atoms with Gasteiger partial charge in [0.25, 0.3) is 0 Å². The lowest BCUT2D eigenvalue weighted by molar-refractivity contribution is -0.136. The van der Waals surface area contributed by atoms with E-state index in [0.717, 1.165) is 17.9 Å². The van der Waals surface area contributed by atoms with Gasteiger partial charge in [-0.2, -0.15) is 11.8 Å². The van der Waals surface area contributed by atoms with Gasteiger partial charge in [0.15, 0.2) is 0 Å². The standard InChI is InChI=1S/C10H19NO3S/c1-11(9-3-6-15-8-9)10(12)7-14-5-4-13-2/h9H,3-8H2,1-2H3. The predicted octanol–water partition coefficient (Wildman–Crippen LogP) is 0.613. The molecule has 1 saturated heterocycles. The molecular formula is C10H19NO3S. The molecule has 0 N–H and O–H groups in total. The van der Waals surface area contributed by atoms with Crippen molar-refractivity contribution in [1.29, 1.82) is 0 Å². The Morgan fingerprint density at radius 3 is 2.93 bits per heavy atom. The average Bonchev–Trinajstić information content (AvgIpc) is 2.76. The predicted molar refractivity (Wildman–Crippen MR) is 61.2 cm³/mol. The van der Waals surface area contributed by atoms with Crippen LogP contribution < -0.4 is 0 Å². The zero-order chi connectivity index (χ0) is 11.1. The smallest absolute Gasteiger partial charge is 0.248 e. The summed E-state index contributed by atoms with van der Waals surface area (Å²) in [6.07, 6.45) is 1.10. The summed E-state index contributed by atoms with van der Waals surface area (Å²) in [5.41, 5.74) is 0. The highest BCUT2D eigenvalue weighted by molar-refractivity contribution is 7.99. The van der Waals surface area contributed by atoms with Gasteiger partial charge in [0.2, 0.25) is 5.91 Å². The Labute approximate surface area is 95.3 Å². The third kappa shape index (κ3) is 4.40. The van der Waals surface area contributed by atoms with Gasteiger partial charge in [-0.05, 0) is 12.2 Å². The summed E-state index contributed by atoms with van der Waals surface area (Å²) in [5.74, 6) is 2.28. The number of amides is 1. The van der Waals surface area contributed by atoms with E-state index in [1.165, 1.54) is 0 Å². The second-order valence-corrected chi connectivity index (χ2v) is 4.72. The summed E-state index contributed by atoms with van der Waals surface area (Å²) < 4.78 is 10.0. The van der Waals surface area contributed by atoms with Crippen LogP contribution in [0.15, 0.2) is 0 Å². The maximum absolute atomic E-state index is 11.6.